The molecule has 0 atom stereocenters. The van der Waals surface area contributed by atoms with Crippen LogP contribution in [0.25, 0.3) is 11.0 Å². The van der Waals surface area contributed by atoms with Gasteiger partial charge in [-0.1, -0.05) is 29.8 Å². The highest BCUT2D eigenvalue weighted by atomic mass is 35.5. The number of allylic oxidation sites excluding steroid dienone is 1. The van der Waals surface area contributed by atoms with Gasteiger partial charge in [0.1, 0.15) is 18.2 Å². The fourth-order valence-electron chi connectivity index (χ4n) is 3.48. The number of nitrogens with one attached hydrogen (secondary N) is 1. The molecule has 1 aromatic heterocycles. The van der Waals surface area contributed by atoms with E-state index >= 15 is 0 Å². The van der Waals surface area contributed by atoms with Crippen LogP contribution in [0.1, 0.15) is 30.3 Å². The van der Waals surface area contributed by atoms with Crippen LogP contribution in [0.5, 0.6) is 5.75 Å². The number of benzene rings is 2. The summed E-state index contributed by atoms with van der Waals surface area (Å²) in [6.45, 7) is 7.65. The van der Waals surface area contributed by atoms with Crippen molar-refractivity contribution in [3.05, 3.63) is 70.5 Å². The zero-order valence-corrected chi connectivity index (χ0v) is 18.5. The minimum atomic E-state index is -0.0621. The standard InChI is InChI=1S/C24H28ClN3O2/c1-4-8-23(29)26-12-7-11-22-27-20-9-5-6-10-21(20)28(22)13-14-30-19-15-17(2)24(25)18(3)16-19/h4-6,8-10,15-16H,7,11-14H2,1-3H3,(H,26,29)/b8-4-. The molecule has 0 aliphatic heterocycles. The van der Waals surface area contributed by atoms with Gasteiger partial charge >= 0.3 is 0 Å². The van der Waals surface area contributed by atoms with E-state index in [1.165, 1.54) is 6.08 Å². The fourth-order valence-corrected chi connectivity index (χ4v) is 3.59. The van der Waals surface area contributed by atoms with Gasteiger partial charge < -0.3 is 14.6 Å². The lowest BCUT2D eigenvalue weighted by Gasteiger charge is -2.13. The normalized spacial score (nSPS) is 11.3. The first-order valence-electron chi connectivity index (χ1n) is 10.2. The maximum absolute atomic E-state index is 11.6. The third-order valence-electron chi connectivity index (χ3n) is 4.92. The molecular weight excluding hydrogens is 398 g/mol. The molecule has 0 saturated heterocycles. The summed E-state index contributed by atoms with van der Waals surface area (Å²) < 4.78 is 8.22. The van der Waals surface area contributed by atoms with Gasteiger partial charge in [0.2, 0.25) is 5.91 Å². The zero-order chi connectivity index (χ0) is 21.5. The monoisotopic (exact) mass is 425 g/mol. The highest BCUT2D eigenvalue weighted by Gasteiger charge is 2.11. The molecule has 0 fully saturated rings. The first-order chi connectivity index (χ1) is 14.5. The average Bonchev–Trinajstić information content (AvgIpc) is 3.07. The smallest absolute Gasteiger partial charge is 0.243 e. The molecule has 30 heavy (non-hydrogen) atoms. The van der Waals surface area contributed by atoms with Gasteiger partial charge in [-0.3, -0.25) is 4.79 Å². The molecule has 0 saturated carbocycles. The van der Waals surface area contributed by atoms with Crippen LogP contribution in [0.2, 0.25) is 5.02 Å². The van der Waals surface area contributed by atoms with Crippen LogP contribution < -0.4 is 10.1 Å². The highest BCUT2D eigenvalue weighted by Crippen LogP contribution is 2.26. The molecule has 3 rings (SSSR count). The summed E-state index contributed by atoms with van der Waals surface area (Å²) in [4.78, 5) is 16.4. The second-order valence-corrected chi connectivity index (χ2v) is 7.66. The van der Waals surface area contributed by atoms with Gasteiger partial charge in [0.15, 0.2) is 0 Å². The Balaban J connectivity index is 1.66. The fraction of sp³-hybridized carbons (Fsp3) is 0.333. The van der Waals surface area contributed by atoms with E-state index in [4.69, 9.17) is 21.3 Å². The minimum absolute atomic E-state index is 0.0621. The predicted octanol–water partition coefficient (Wildman–Crippen LogP) is 5.01. The van der Waals surface area contributed by atoms with Crippen molar-refractivity contribution in [3.8, 4) is 5.75 Å². The number of hydrogen-bond acceptors (Lipinski definition) is 3. The summed E-state index contributed by atoms with van der Waals surface area (Å²) in [6.07, 6.45) is 4.87. The van der Waals surface area contributed by atoms with E-state index in [1.807, 2.05) is 51.1 Å². The second-order valence-electron chi connectivity index (χ2n) is 7.28. The molecule has 1 amide bonds. The Bertz CT molecular complexity index is 1030. The van der Waals surface area contributed by atoms with E-state index in [9.17, 15) is 4.79 Å². The van der Waals surface area contributed by atoms with Crippen molar-refractivity contribution in [2.45, 2.75) is 40.2 Å². The summed E-state index contributed by atoms with van der Waals surface area (Å²) >= 11 is 6.25. The number of aryl methyl sites for hydroxylation is 3. The van der Waals surface area contributed by atoms with E-state index in [0.29, 0.717) is 19.7 Å². The van der Waals surface area contributed by atoms with Gasteiger partial charge in [0.25, 0.3) is 0 Å². The van der Waals surface area contributed by atoms with Crippen LogP contribution in [0.3, 0.4) is 0 Å². The Morgan fingerprint density at radius 3 is 2.70 bits per heavy atom. The Kier molecular flexibility index (Phi) is 7.52. The van der Waals surface area contributed by atoms with E-state index in [0.717, 1.165) is 51.6 Å². The maximum atomic E-state index is 11.6. The number of fused-ring (bicyclic) bond motifs is 1. The number of halogens is 1. The maximum Gasteiger partial charge on any atom is 0.243 e. The molecule has 0 aliphatic carbocycles. The molecule has 6 heteroatoms. The summed E-state index contributed by atoms with van der Waals surface area (Å²) in [5.74, 6) is 1.77. The van der Waals surface area contributed by atoms with Crippen LogP contribution in [0.4, 0.5) is 0 Å². The van der Waals surface area contributed by atoms with Crippen LogP contribution in [0, 0.1) is 13.8 Å². The summed E-state index contributed by atoms with van der Waals surface area (Å²) in [5, 5.41) is 3.67. The lowest BCUT2D eigenvalue weighted by Crippen LogP contribution is -2.23. The second kappa shape index (κ2) is 10.3. The molecule has 2 aromatic carbocycles. The Morgan fingerprint density at radius 2 is 1.97 bits per heavy atom. The number of imidazole rings is 1. The number of aromatic nitrogens is 2. The van der Waals surface area contributed by atoms with Crippen LogP contribution in [-0.4, -0.2) is 28.6 Å². The van der Waals surface area contributed by atoms with Gasteiger partial charge in [0, 0.05) is 18.0 Å². The first-order valence-corrected chi connectivity index (χ1v) is 10.6. The number of para-hydroxylation sites is 2. The zero-order valence-electron chi connectivity index (χ0n) is 17.7. The van der Waals surface area contributed by atoms with E-state index in [-0.39, 0.29) is 5.91 Å². The van der Waals surface area contributed by atoms with E-state index in [2.05, 4.69) is 16.0 Å². The van der Waals surface area contributed by atoms with Crippen LogP contribution >= 0.6 is 11.6 Å². The molecule has 0 aliphatic rings. The van der Waals surface area contributed by atoms with Crippen molar-refractivity contribution in [2.75, 3.05) is 13.2 Å². The molecule has 0 bridgehead atoms. The number of carbonyl (C=O) groups is 1. The SMILES string of the molecule is C/C=C\C(=O)NCCCc1nc2ccccc2n1CCOc1cc(C)c(Cl)c(C)c1. The van der Waals surface area contributed by atoms with E-state index in [1.54, 1.807) is 6.08 Å². The van der Waals surface area contributed by atoms with Crippen molar-refractivity contribution >= 4 is 28.5 Å². The van der Waals surface area contributed by atoms with Gasteiger partial charge in [-0.05, 0) is 68.7 Å². The average molecular weight is 426 g/mol. The van der Waals surface area contributed by atoms with Crippen LogP contribution in [-0.2, 0) is 17.8 Å². The molecule has 0 spiro atoms. The molecule has 0 radical (unpaired) electrons. The van der Waals surface area contributed by atoms with Gasteiger partial charge in [-0.25, -0.2) is 4.98 Å². The molecule has 3 aromatic rings. The van der Waals surface area contributed by atoms with Crippen molar-refractivity contribution in [1.29, 1.82) is 0 Å². The Labute approximate surface area is 182 Å². The summed E-state index contributed by atoms with van der Waals surface area (Å²) in [7, 11) is 0. The van der Waals surface area contributed by atoms with Crippen molar-refractivity contribution < 1.29 is 9.53 Å². The van der Waals surface area contributed by atoms with Crippen molar-refractivity contribution in [1.82, 2.24) is 14.9 Å². The number of hydrogen-bond donors (Lipinski definition) is 1. The minimum Gasteiger partial charge on any atom is -0.492 e. The number of rotatable bonds is 9. The van der Waals surface area contributed by atoms with Crippen LogP contribution in [0.15, 0.2) is 48.6 Å². The predicted molar refractivity (Wildman–Crippen MR) is 122 cm³/mol. The third kappa shape index (κ3) is 5.42. The quantitative estimate of drug-likeness (QED) is 0.387. The largest absolute Gasteiger partial charge is 0.492 e. The third-order valence-corrected chi connectivity index (χ3v) is 5.52. The van der Waals surface area contributed by atoms with Gasteiger partial charge in [-0.2, -0.15) is 0 Å². The van der Waals surface area contributed by atoms with Crippen molar-refractivity contribution in [2.24, 2.45) is 0 Å². The molecule has 158 valence electrons. The molecule has 1 heterocycles. The van der Waals surface area contributed by atoms with Gasteiger partial charge in [0.05, 0.1) is 17.6 Å². The first kappa shape index (κ1) is 21.9. The Hall–Kier alpha value is -2.79. The number of nitrogens with zero attached hydrogens (tertiary/aromatic N) is 2. The lowest BCUT2D eigenvalue weighted by molar-refractivity contribution is -0.116. The lowest BCUT2D eigenvalue weighted by atomic mass is 10.1. The molecule has 1 N–H and O–H groups in total. The molecule has 0 unspecified atom stereocenters. The Morgan fingerprint density at radius 1 is 1.23 bits per heavy atom. The van der Waals surface area contributed by atoms with Gasteiger partial charge in [-0.15, -0.1) is 0 Å². The summed E-state index contributed by atoms with van der Waals surface area (Å²) in [6, 6.07) is 12.1. The number of carbonyl (C=O) groups excluding carboxylic acids is 1. The van der Waals surface area contributed by atoms with E-state index < -0.39 is 0 Å². The van der Waals surface area contributed by atoms with Crippen molar-refractivity contribution in [3.63, 3.8) is 0 Å². The highest BCUT2D eigenvalue weighted by molar-refractivity contribution is 6.32. The number of amides is 1. The number of ether oxygens (including phenoxy) is 1. The topological polar surface area (TPSA) is 56.2 Å². The molecule has 5 nitrogen and oxygen atoms in total. The summed E-state index contributed by atoms with van der Waals surface area (Å²) in [5.41, 5.74) is 4.10. The molecular formula is C24H28ClN3O2.